The van der Waals surface area contributed by atoms with Crippen LogP contribution >= 0.6 is 0 Å². The highest BCUT2D eigenvalue weighted by molar-refractivity contribution is 5.69. The molecular weight excluding hydrogens is 182 g/mol. The first-order valence-electron chi connectivity index (χ1n) is 4.15. The van der Waals surface area contributed by atoms with Crippen molar-refractivity contribution in [1.29, 1.82) is 0 Å². The van der Waals surface area contributed by atoms with Gasteiger partial charge in [-0.1, -0.05) is 0 Å². The minimum absolute atomic E-state index is 0.200. The lowest BCUT2D eigenvalue weighted by atomic mass is 9.93. The van der Waals surface area contributed by atoms with Crippen molar-refractivity contribution >= 4 is 11.7 Å². The third-order valence-electron chi connectivity index (χ3n) is 1.90. The van der Waals surface area contributed by atoms with E-state index in [9.17, 15) is 4.79 Å². The van der Waals surface area contributed by atoms with Gasteiger partial charge in [-0.15, -0.1) is 0 Å². The number of carboxylic acid groups (broad SMARTS) is 1. The maximum atomic E-state index is 10.6. The van der Waals surface area contributed by atoms with Crippen molar-refractivity contribution in [3.05, 3.63) is 24.0 Å². The first-order chi connectivity index (χ1) is 6.43. The topological polar surface area (TPSA) is 102 Å². The molecule has 0 fully saturated rings. The summed E-state index contributed by atoms with van der Waals surface area (Å²) in [4.78, 5) is 14.5. The van der Waals surface area contributed by atoms with Crippen LogP contribution in [0.15, 0.2) is 18.3 Å². The lowest BCUT2D eigenvalue weighted by Gasteiger charge is -2.22. The maximum absolute atomic E-state index is 10.6. The van der Waals surface area contributed by atoms with E-state index in [0.717, 1.165) is 0 Å². The van der Waals surface area contributed by atoms with Gasteiger partial charge in [0, 0.05) is 6.20 Å². The van der Waals surface area contributed by atoms with Crippen molar-refractivity contribution in [1.82, 2.24) is 4.98 Å². The molecular formula is C9H13N3O2. The van der Waals surface area contributed by atoms with Crippen LogP contribution in [0.25, 0.3) is 0 Å². The van der Waals surface area contributed by atoms with Crippen molar-refractivity contribution in [3.63, 3.8) is 0 Å². The Morgan fingerprint density at radius 3 is 2.86 bits per heavy atom. The number of nitrogens with two attached hydrogens (primary N) is 2. The standard InChI is InChI=1S/C9H13N3O2/c1-9(11,5-7(13)14)8-6(10)3-2-4-12-8/h2-4H,5,10-11H2,1H3,(H,13,14). The third-order valence-corrected chi connectivity index (χ3v) is 1.90. The SMILES string of the molecule is CC(N)(CC(=O)O)c1ncccc1N. The molecule has 0 aromatic carbocycles. The van der Waals surface area contributed by atoms with Gasteiger partial charge in [-0.05, 0) is 19.1 Å². The molecule has 1 rings (SSSR count). The molecule has 0 bridgehead atoms. The lowest BCUT2D eigenvalue weighted by Crippen LogP contribution is -2.37. The summed E-state index contributed by atoms with van der Waals surface area (Å²) in [6.45, 7) is 1.60. The Bertz CT molecular complexity index is 350. The number of pyridine rings is 1. The number of carbonyl (C=O) groups is 1. The minimum atomic E-state index is -1.03. The van der Waals surface area contributed by atoms with Gasteiger partial charge in [-0.3, -0.25) is 9.78 Å². The molecule has 0 aliphatic carbocycles. The van der Waals surface area contributed by atoms with Gasteiger partial charge in [0.2, 0.25) is 0 Å². The van der Waals surface area contributed by atoms with E-state index in [1.807, 2.05) is 0 Å². The Kier molecular flexibility index (Phi) is 2.71. The second-order valence-electron chi connectivity index (χ2n) is 3.43. The van der Waals surface area contributed by atoms with Crippen LogP contribution < -0.4 is 11.5 Å². The van der Waals surface area contributed by atoms with Gasteiger partial charge in [-0.25, -0.2) is 0 Å². The summed E-state index contributed by atoms with van der Waals surface area (Å²) in [6.07, 6.45) is 1.34. The van der Waals surface area contributed by atoms with Crippen LogP contribution in [-0.4, -0.2) is 16.1 Å². The number of nitrogen functional groups attached to an aromatic ring is 1. The zero-order chi connectivity index (χ0) is 10.8. The third kappa shape index (κ3) is 2.20. The van der Waals surface area contributed by atoms with Crippen LogP contribution in [0.2, 0.25) is 0 Å². The smallest absolute Gasteiger partial charge is 0.305 e. The van der Waals surface area contributed by atoms with Crippen molar-refractivity contribution in [2.24, 2.45) is 5.73 Å². The summed E-state index contributed by atoms with van der Waals surface area (Å²) in [5.41, 5.74) is 11.3. The van der Waals surface area contributed by atoms with Crippen molar-refractivity contribution in [2.45, 2.75) is 18.9 Å². The highest BCUT2D eigenvalue weighted by Gasteiger charge is 2.27. The molecule has 5 nitrogen and oxygen atoms in total. The molecule has 1 atom stereocenters. The van der Waals surface area contributed by atoms with Gasteiger partial charge in [0.1, 0.15) is 0 Å². The van der Waals surface area contributed by atoms with E-state index in [4.69, 9.17) is 16.6 Å². The summed E-state index contributed by atoms with van der Waals surface area (Å²) < 4.78 is 0. The van der Waals surface area contributed by atoms with Crippen molar-refractivity contribution in [3.8, 4) is 0 Å². The summed E-state index contributed by atoms with van der Waals surface area (Å²) in [5, 5.41) is 8.65. The molecule has 0 aliphatic heterocycles. The van der Waals surface area contributed by atoms with E-state index in [0.29, 0.717) is 11.4 Å². The zero-order valence-corrected chi connectivity index (χ0v) is 7.90. The van der Waals surface area contributed by atoms with E-state index >= 15 is 0 Å². The molecule has 1 heterocycles. The largest absolute Gasteiger partial charge is 0.481 e. The van der Waals surface area contributed by atoms with Crippen LogP contribution in [0.5, 0.6) is 0 Å². The number of nitrogens with zero attached hydrogens (tertiary/aromatic N) is 1. The average molecular weight is 195 g/mol. The predicted octanol–water partition coefficient (Wildman–Crippen LogP) is 0.312. The Balaban J connectivity index is 3.03. The monoisotopic (exact) mass is 195 g/mol. The molecule has 1 unspecified atom stereocenters. The molecule has 1 aromatic heterocycles. The van der Waals surface area contributed by atoms with E-state index in [2.05, 4.69) is 4.98 Å². The van der Waals surface area contributed by atoms with Crippen LogP contribution in [0, 0.1) is 0 Å². The predicted molar refractivity (Wildman–Crippen MR) is 52.4 cm³/mol. The summed E-state index contributed by atoms with van der Waals surface area (Å²) in [6, 6.07) is 3.32. The van der Waals surface area contributed by atoms with E-state index in [1.54, 1.807) is 25.3 Å². The normalized spacial score (nSPS) is 14.7. The number of hydrogen-bond donors (Lipinski definition) is 3. The molecule has 1 aromatic rings. The molecule has 0 radical (unpaired) electrons. The number of aliphatic carboxylic acids is 1. The van der Waals surface area contributed by atoms with Crippen molar-refractivity contribution < 1.29 is 9.90 Å². The Morgan fingerprint density at radius 1 is 1.71 bits per heavy atom. The fourth-order valence-electron chi connectivity index (χ4n) is 1.29. The second kappa shape index (κ2) is 3.63. The molecule has 5 N–H and O–H groups in total. The number of anilines is 1. The average Bonchev–Trinajstić information content (AvgIpc) is 2.02. The highest BCUT2D eigenvalue weighted by atomic mass is 16.4. The summed E-state index contributed by atoms with van der Waals surface area (Å²) in [7, 11) is 0. The molecule has 0 saturated heterocycles. The number of aromatic nitrogens is 1. The first-order valence-corrected chi connectivity index (χ1v) is 4.15. The van der Waals surface area contributed by atoms with Gasteiger partial charge in [-0.2, -0.15) is 0 Å². The molecule has 14 heavy (non-hydrogen) atoms. The molecule has 0 amide bonds. The zero-order valence-electron chi connectivity index (χ0n) is 7.90. The quantitative estimate of drug-likeness (QED) is 0.644. The highest BCUT2D eigenvalue weighted by Crippen LogP contribution is 2.24. The van der Waals surface area contributed by atoms with Crippen molar-refractivity contribution in [2.75, 3.05) is 5.73 Å². The maximum Gasteiger partial charge on any atom is 0.305 e. The van der Waals surface area contributed by atoms with Gasteiger partial charge < -0.3 is 16.6 Å². The van der Waals surface area contributed by atoms with Crippen LogP contribution in [-0.2, 0) is 10.3 Å². The molecule has 0 spiro atoms. The Morgan fingerprint density at radius 2 is 2.36 bits per heavy atom. The first kappa shape index (κ1) is 10.5. The molecule has 0 aliphatic rings. The fourth-order valence-corrected chi connectivity index (χ4v) is 1.29. The van der Waals surface area contributed by atoms with Gasteiger partial charge in [0.25, 0.3) is 0 Å². The molecule has 76 valence electrons. The number of rotatable bonds is 3. The van der Waals surface area contributed by atoms with Crippen LogP contribution in [0.4, 0.5) is 5.69 Å². The van der Waals surface area contributed by atoms with Gasteiger partial charge in [0.15, 0.2) is 0 Å². The van der Waals surface area contributed by atoms with Gasteiger partial charge in [0.05, 0.1) is 23.3 Å². The Labute approximate surface area is 81.7 Å². The van der Waals surface area contributed by atoms with E-state index in [1.165, 1.54) is 0 Å². The fraction of sp³-hybridized carbons (Fsp3) is 0.333. The number of carboxylic acids is 1. The lowest BCUT2D eigenvalue weighted by molar-refractivity contribution is -0.138. The molecule has 0 saturated carbocycles. The number of hydrogen-bond acceptors (Lipinski definition) is 4. The van der Waals surface area contributed by atoms with Crippen LogP contribution in [0.1, 0.15) is 19.0 Å². The van der Waals surface area contributed by atoms with E-state index < -0.39 is 11.5 Å². The molecule has 5 heteroatoms. The van der Waals surface area contributed by atoms with Gasteiger partial charge >= 0.3 is 5.97 Å². The minimum Gasteiger partial charge on any atom is -0.481 e. The summed E-state index contributed by atoms with van der Waals surface area (Å²) in [5.74, 6) is -0.972. The summed E-state index contributed by atoms with van der Waals surface area (Å²) >= 11 is 0. The van der Waals surface area contributed by atoms with Crippen LogP contribution in [0.3, 0.4) is 0 Å². The second-order valence-corrected chi connectivity index (χ2v) is 3.43. The van der Waals surface area contributed by atoms with E-state index in [-0.39, 0.29) is 6.42 Å². The Hall–Kier alpha value is -1.62.